The maximum atomic E-state index is 13.3. The van der Waals surface area contributed by atoms with Crippen LogP contribution in [0.1, 0.15) is 24.2 Å². The van der Waals surface area contributed by atoms with E-state index < -0.39 is 15.8 Å². The van der Waals surface area contributed by atoms with Crippen LogP contribution in [-0.4, -0.2) is 41.9 Å². The monoisotopic (exact) mass is 365 g/mol. The van der Waals surface area contributed by atoms with Crippen LogP contribution in [0.5, 0.6) is 5.88 Å². The van der Waals surface area contributed by atoms with E-state index in [9.17, 15) is 12.8 Å². The van der Waals surface area contributed by atoms with Crippen LogP contribution in [0.4, 0.5) is 4.39 Å². The number of piperidine rings is 1. The first kappa shape index (κ1) is 17.8. The lowest BCUT2D eigenvalue weighted by Gasteiger charge is -2.32. The molecule has 0 amide bonds. The molecule has 0 unspecified atom stereocenters. The molecule has 8 heteroatoms. The topological polar surface area (TPSA) is 72.4 Å². The molecular formula is C17H20FN3O3S. The van der Waals surface area contributed by atoms with Crippen molar-refractivity contribution >= 4 is 10.0 Å². The zero-order valence-corrected chi connectivity index (χ0v) is 15.0. The highest BCUT2D eigenvalue weighted by molar-refractivity contribution is 7.89. The molecule has 0 saturated carbocycles. The number of rotatable bonds is 4. The number of hydrogen-bond acceptors (Lipinski definition) is 5. The molecule has 1 saturated heterocycles. The molecule has 0 spiro atoms. The summed E-state index contributed by atoms with van der Waals surface area (Å²) in [5.41, 5.74) is 0.398. The van der Waals surface area contributed by atoms with Crippen LogP contribution >= 0.6 is 0 Å². The van der Waals surface area contributed by atoms with E-state index in [1.165, 1.54) is 22.5 Å². The molecule has 1 aromatic carbocycles. The number of nitrogens with zero attached hydrogens (tertiary/aromatic N) is 3. The van der Waals surface area contributed by atoms with Gasteiger partial charge in [-0.3, -0.25) is 0 Å². The minimum atomic E-state index is -3.69. The van der Waals surface area contributed by atoms with Crippen LogP contribution in [0.3, 0.4) is 0 Å². The van der Waals surface area contributed by atoms with E-state index in [1.54, 1.807) is 26.1 Å². The summed E-state index contributed by atoms with van der Waals surface area (Å²) < 4.78 is 46.3. The Morgan fingerprint density at radius 1 is 1.28 bits per heavy atom. The molecular weight excluding hydrogens is 345 g/mol. The van der Waals surface area contributed by atoms with Crippen LogP contribution in [0, 0.1) is 19.7 Å². The summed E-state index contributed by atoms with van der Waals surface area (Å²) in [4.78, 5) is 8.34. The Hall–Kier alpha value is -2.06. The maximum Gasteiger partial charge on any atom is 0.243 e. The standard InChI is InChI=1S/C17H20FN3O3S/c1-12-10-14(18)5-6-16(12)25(22,23)21-9-3-4-15(11-21)24-17-7-8-19-13(2)20-17/h5-8,10,15H,3-4,9,11H2,1-2H3/t15-/m1/s1. The number of ether oxygens (including phenoxy) is 1. The van der Waals surface area contributed by atoms with E-state index in [0.717, 1.165) is 6.42 Å². The molecule has 0 bridgehead atoms. The molecule has 1 aliphatic heterocycles. The van der Waals surface area contributed by atoms with Crippen molar-refractivity contribution in [2.24, 2.45) is 0 Å². The van der Waals surface area contributed by atoms with Crippen molar-refractivity contribution in [2.45, 2.75) is 37.7 Å². The van der Waals surface area contributed by atoms with Crippen LogP contribution in [0.25, 0.3) is 0 Å². The van der Waals surface area contributed by atoms with Gasteiger partial charge in [-0.2, -0.15) is 9.29 Å². The predicted octanol–water partition coefficient (Wildman–Crippen LogP) is 2.46. The first-order valence-corrected chi connectivity index (χ1v) is 9.53. The van der Waals surface area contributed by atoms with Gasteiger partial charge >= 0.3 is 0 Å². The number of hydrogen-bond donors (Lipinski definition) is 0. The van der Waals surface area contributed by atoms with Gasteiger partial charge in [0.05, 0.1) is 11.4 Å². The lowest BCUT2D eigenvalue weighted by Crippen LogP contribution is -2.44. The number of aryl methyl sites for hydroxylation is 2. The molecule has 1 atom stereocenters. The van der Waals surface area contributed by atoms with Crippen molar-refractivity contribution in [1.29, 1.82) is 0 Å². The van der Waals surface area contributed by atoms with Gasteiger partial charge in [-0.05, 0) is 50.5 Å². The summed E-state index contributed by atoms with van der Waals surface area (Å²) in [5.74, 6) is 0.588. The van der Waals surface area contributed by atoms with E-state index in [1.807, 2.05) is 0 Å². The number of benzene rings is 1. The van der Waals surface area contributed by atoms with Crippen LogP contribution in [0.2, 0.25) is 0 Å². The van der Waals surface area contributed by atoms with E-state index in [2.05, 4.69) is 9.97 Å². The molecule has 0 radical (unpaired) electrons. The van der Waals surface area contributed by atoms with Gasteiger partial charge in [0.25, 0.3) is 0 Å². The van der Waals surface area contributed by atoms with Gasteiger partial charge in [0.1, 0.15) is 17.7 Å². The minimum absolute atomic E-state index is 0.132. The van der Waals surface area contributed by atoms with Gasteiger partial charge in [-0.25, -0.2) is 17.8 Å². The summed E-state index contributed by atoms with van der Waals surface area (Å²) >= 11 is 0. The lowest BCUT2D eigenvalue weighted by molar-refractivity contribution is 0.124. The molecule has 0 aliphatic carbocycles. The van der Waals surface area contributed by atoms with Crippen molar-refractivity contribution in [3.05, 3.63) is 47.7 Å². The SMILES string of the molecule is Cc1nccc(O[C@@H]2CCCN(S(=O)(=O)c3ccc(F)cc3C)C2)n1. The highest BCUT2D eigenvalue weighted by Crippen LogP contribution is 2.25. The molecule has 1 fully saturated rings. The van der Waals surface area contributed by atoms with Crippen LogP contribution in [0.15, 0.2) is 35.4 Å². The van der Waals surface area contributed by atoms with Gasteiger partial charge < -0.3 is 4.74 Å². The minimum Gasteiger partial charge on any atom is -0.473 e. The van der Waals surface area contributed by atoms with Crippen LogP contribution in [-0.2, 0) is 10.0 Å². The van der Waals surface area contributed by atoms with Gasteiger partial charge in [-0.1, -0.05) is 0 Å². The van der Waals surface area contributed by atoms with Crippen molar-refractivity contribution < 1.29 is 17.5 Å². The van der Waals surface area contributed by atoms with Crippen LogP contribution < -0.4 is 4.74 Å². The first-order chi connectivity index (χ1) is 11.9. The molecule has 0 N–H and O–H groups in total. The second kappa shape index (κ2) is 7.05. The van der Waals surface area contributed by atoms with Gasteiger partial charge in [0.2, 0.25) is 15.9 Å². The summed E-state index contributed by atoms with van der Waals surface area (Å²) in [6.45, 7) is 4.02. The lowest BCUT2D eigenvalue weighted by atomic mass is 10.1. The third-order valence-corrected chi connectivity index (χ3v) is 6.16. The Balaban J connectivity index is 1.78. The summed E-state index contributed by atoms with van der Waals surface area (Å²) in [5, 5.41) is 0. The molecule has 3 rings (SSSR count). The summed E-state index contributed by atoms with van der Waals surface area (Å²) in [7, 11) is -3.69. The van der Waals surface area contributed by atoms with Crippen molar-refractivity contribution in [3.8, 4) is 5.88 Å². The second-order valence-electron chi connectivity index (χ2n) is 6.10. The molecule has 1 aromatic heterocycles. The van der Waals surface area contributed by atoms with E-state index in [4.69, 9.17) is 4.74 Å². The normalized spacial score (nSPS) is 18.9. The molecule has 25 heavy (non-hydrogen) atoms. The fourth-order valence-corrected chi connectivity index (χ4v) is 4.65. The zero-order chi connectivity index (χ0) is 18.0. The largest absolute Gasteiger partial charge is 0.473 e. The van der Waals surface area contributed by atoms with Crippen molar-refractivity contribution in [1.82, 2.24) is 14.3 Å². The third-order valence-electron chi connectivity index (χ3n) is 4.13. The Bertz CT molecular complexity index is 873. The Labute approximate surface area is 146 Å². The fraction of sp³-hybridized carbons (Fsp3) is 0.412. The van der Waals surface area contributed by atoms with Gasteiger partial charge in [0.15, 0.2) is 0 Å². The third kappa shape index (κ3) is 3.96. The smallest absolute Gasteiger partial charge is 0.243 e. The van der Waals surface area contributed by atoms with E-state index in [0.29, 0.717) is 30.2 Å². The van der Waals surface area contributed by atoms with Crippen molar-refractivity contribution in [3.63, 3.8) is 0 Å². The zero-order valence-electron chi connectivity index (χ0n) is 14.1. The molecule has 2 heterocycles. The van der Waals surface area contributed by atoms with Crippen molar-refractivity contribution in [2.75, 3.05) is 13.1 Å². The van der Waals surface area contributed by atoms with Gasteiger partial charge in [0, 0.05) is 18.8 Å². The first-order valence-electron chi connectivity index (χ1n) is 8.09. The fourth-order valence-electron chi connectivity index (χ4n) is 2.93. The Morgan fingerprint density at radius 3 is 2.80 bits per heavy atom. The maximum absolute atomic E-state index is 13.3. The molecule has 134 valence electrons. The quantitative estimate of drug-likeness (QED) is 0.832. The Morgan fingerprint density at radius 2 is 2.08 bits per heavy atom. The molecule has 2 aromatic rings. The number of aromatic nitrogens is 2. The second-order valence-corrected chi connectivity index (χ2v) is 8.00. The average molecular weight is 365 g/mol. The summed E-state index contributed by atoms with van der Waals surface area (Å²) in [6.07, 6.45) is 2.77. The molecule has 6 nitrogen and oxygen atoms in total. The highest BCUT2D eigenvalue weighted by Gasteiger charge is 2.32. The molecule has 1 aliphatic rings. The van der Waals surface area contributed by atoms with E-state index in [-0.39, 0.29) is 17.5 Å². The summed E-state index contributed by atoms with van der Waals surface area (Å²) in [6, 6.07) is 5.37. The number of halogens is 1. The van der Waals surface area contributed by atoms with E-state index >= 15 is 0 Å². The average Bonchev–Trinajstić information content (AvgIpc) is 2.55. The van der Waals surface area contributed by atoms with Gasteiger partial charge in [-0.15, -0.1) is 0 Å². The number of sulfonamides is 1. The highest BCUT2D eigenvalue weighted by atomic mass is 32.2. The predicted molar refractivity (Wildman–Crippen MR) is 90.3 cm³/mol. The Kier molecular flexibility index (Phi) is 5.01.